The summed E-state index contributed by atoms with van der Waals surface area (Å²) in [6, 6.07) is 8.95. The number of anilines is 1. The van der Waals surface area contributed by atoms with Gasteiger partial charge in [0.25, 0.3) is 5.91 Å². The van der Waals surface area contributed by atoms with Gasteiger partial charge in [-0.05, 0) is 67.0 Å². The fourth-order valence-corrected chi connectivity index (χ4v) is 6.32. The van der Waals surface area contributed by atoms with Crippen molar-refractivity contribution in [3.63, 3.8) is 0 Å². The lowest BCUT2D eigenvalue weighted by Crippen LogP contribution is -2.38. The maximum Gasteiger partial charge on any atom is 0.254 e. The summed E-state index contributed by atoms with van der Waals surface area (Å²) in [6.45, 7) is 5.72. The Kier molecular flexibility index (Phi) is 5.76. The fraction of sp³-hybridized carbons (Fsp3) is 0.310. The van der Waals surface area contributed by atoms with E-state index in [2.05, 4.69) is 39.3 Å². The van der Waals surface area contributed by atoms with Crippen LogP contribution in [0.4, 0.5) is 14.6 Å². The Hall–Kier alpha value is -4.18. The quantitative estimate of drug-likeness (QED) is 0.383. The first-order valence-electron chi connectivity index (χ1n) is 12.7. The maximum absolute atomic E-state index is 14.5. The smallest absolute Gasteiger partial charge is 0.254 e. The van der Waals surface area contributed by atoms with E-state index < -0.39 is 29.1 Å². The van der Waals surface area contributed by atoms with E-state index >= 15 is 0 Å². The Morgan fingerprint density at radius 2 is 1.85 bits per heavy atom. The molecule has 1 fully saturated rings. The minimum Gasteiger partial charge on any atom is -0.384 e. The van der Waals surface area contributed by atoms with Gasteiger partial charge in [0.05, 0.1) is 40.0 Å². The van der Waals surface area contributed by atoms with Crippen LogP contribution in [0.25, 0.3) is 22.5 Å². The van der Waals surface area contributed by atoms with E-state index in [1.807, 2.05) is 0 Å². The molecule has 0 radical (unpaired) electrons. The average Bonchev–Trinajstić information content (AvgIpc) is 3.30. The van der Waals surface area contributed by atoms with Gasteiger partial charge in [0, 0.05) is 18.0 Å². The first-order chi connectivity index (χ1) is 18.6. The molecule has 3 atom stereocenters. The second kappa shape index (κ2) is 8.94. The van der Waals surface area contributed by atoms with Crippen molar-refractivity contribution in [3.05, 3.63) is 83.6 Å². The molecule has 1 saturated carbocycles. The second-order valence-electron chi connectivity index (χ2n) is 10.7. The SMILES string of the molecule is C[C@H](O)C(=O)Nc1ccc(-c2cncc([C@@]34CC[C@@H](c5cc(-c6c(F)cccc6F)nnc53)C4(C)C)n2)cn1. The second-order valence-corrected chi connectivity index (χ2v) is 10.7. The van der Waals surface area contributed by atoms with Crippen molar-refractivity contribution in [2.75, 3.05) is 5.32 Å². The van der Waals surface area contributed by atoms with Crippen LogP contribution in [0, 0.1) is 17.0 Å². The number of amides is 1. The van der Waals surface area contributed by atoms with E-state index in [0.717, 1.165) is 29.8 Å². The van der Waals surface area contributed by atoms with Gasteiger partial charge in [-0.25, -0.2) is 18.7 Å². The first kappa shape index (κ1) is 25.1. The van der Waals surface area contributed by atoms with E-state index in [9.17, 15) is 18.7 Å². The molecule has 6 rings (SSSR count). The van der Waals surface area contributed by atoms with Crippen molar-refractivity contribution in [1.82, 2.24) is 25.1 Å². The number of nitrogens with one attached hydrogen (secondary N) is 1. The highest BCUT2D eigenvalue weighted by Gasteiger charge is 2.65. The van der Waals surface area contributed by atoms with E-state index in [-0.39, 0.29) is 22.6 Å². The van der Waals surface area contributed by atoms with Crippen LogP contribution in [0.3, 0.4) is 0 Å². The van der Waals surface area contributed by atoms with Crippen LogP contribution in [-0.2, 0) is 10.2 Å². The molecule has 0 aliphatic heterocycles. The van der Waals surface area contributed by atoms with Crippen molar-refractivity contribution in [2.24, 2.45) is 5.41 Å². The number of carbonyl (C=O) groups excluding carboxylic acids is 1. The van der Waals surface area contributed by atoms with Gasteiger partial charge in [-0.2, -0.15) is 5.10 Å². The standard InChI is InChI=1S/C29H26F2N6O2/c1-15(38)27(39)35-24-8-7-16(12-33-24)22-13-32-14-23(34-22)29-10-9-18(28(29,2)3)17-11-21(36-37-26(17)29)25-19(30)5-4-6-20(25)31/h4-8,11-15,18,38H,9-10H2,1-3H3,(H,33,35,39)/t15-,18-,29-/m0/s1. The van der Waals surface area contributed by atoms with Gasteiger partial charge in [-0.1, -0.05) is 19.9 Å². The largest absolute Gasteiger partial charge is 0.384 e. The molecule has 198 valence electrons. The third-order valence-corrected chi connectivity index (χ3v) is 8.36. The Balaban J connectivity index is 1.40. The number of carbonyl (C=O) groups is 1. The molecule has 4 aromatic rings. The number of nitrogens with zero attached hydrogens (tertiary/aromatic N) is 5. The normalized spacial score (nSPS) is 21.4. The Morgan fingerprint density at radius 3 is 2.54 bits per heavy atom. The van der Waals surface area contributed by atoms with E-state index in [0.29, 0.717) is 17.1 Å². The minimum atomic E-state index is -1.15. The maximum atomic E-state index is 14.5. The molecule has 0 saturated heterocycles. The molecule has 2 aliphatic rings. The zero-order chi connectivity index (χ0) is 27.5. The van der Waals surface area contributed by atoms with Gasteiger partial charge in [0.15, 0.2) is 0 Å². The number of aliphatic hydroxyl groups excluding tert-OH is 1. The highest BCUT2D eigenvalue weighted by atomic mass is 19.1. The van der Waals surface area contributed by atoms with Gasteiger partial charge in [0.2, 0.25) is 0 Å². The number of pyridine rings is 1. The molecule has 2 aliphatic carbocycles. The molecule has 2 N–H and O–H groups in total. The number of rotatable bonds is 5. The van der Waals surface area contributed by atoms with E-state index in [1.165, 1.54) is 25.1 Å². The molecule has 3 aromatic heterocycles. The molecular formula is C29H26F2N6O2. The molecule has 0 spiro atoms. The predicted octanol–water partition coefficient (Wildman–Crippen LogP) is 4.80. The van der Waals surface area contributed by atoms with Gasteiger partial charge in [-0.3, -0.25) is 9.78 Å². The summed E-state index contributed by atoms with van der Waals surface area (Å²) < 4.78 is 29.1. The zero-order valence-corrected chi connectivity index (χ0v) is 21.6. The van der Waals surface area contributed by atoms with Gasteiger partial charge >= 0.3 is 0 Å². The molecule has 8 nitrogen and oxygen atoms in total. The van der Waals surface area contributed by atoms with Crippen molar-refractivity contribution in [3.8, 4) is 22.5 Å². The third-order valence-electron chi connectivity index (χ3n) is 8.36. The lowest BCUT2D eigenvalue weighted by Gasteiger charge is -2.37. The number of aliphatic hydroxyl groups is 1. The Morgan fingerprint density at radius 1 is 1.08 bits per heavy atom. The number of fused-ring (bicyclic) bond motifs is 5. The van der Waals surface area contributed by atoms with Gasteiger partial charge in [0.1, 0.15) is 23.6 Å². The Bertz CT molecular complexity index is 1590. The molecule has 1 aromatic carbocycles. The molecular weight excluding hydrogens is 502 g/mol. The third kappa shape index (κ3) is 3.73. The molecule has 2 bridgehead atoms. The van der Waals surface area contributed by atoms with Crippen molar-refractivity contribution >= 4 is 11.7 Å². The minimum absolute atomic E-state index is 0.112. The number of halogens is 2. The van der Waals surface area contributed by atoms with E-state index in [4.69, 9.17) is 4.98 Å². The predicted molar refractivity (Wildman–Crippen MR) is 139 cm³/mol. The van der Waals surface area contributed by atoms with Gasteiger partial charge < -0.3 is 10.4 Å². The highest BCUT2D eigenvalue weighted by molar-refractivity contribution is 5.92. The summed E-state index contributed by atoms with van der Waals surface area (Å²) in [7, 11) is 0. The number of hydrogen-bond donors (Lipinski definition) is 2. The van der Waals surface area contributed by atoms with Crippen LogP contribution in [0.2, 0.25) is 0 Å². The Labute approximate surface area is 223 Å². The molecule has 39 heavy (non-hydrogen) atoms. The zero-order valence-electron chi connectivity index (χ0n) is 21.6. The number of benzene rings is 1. The monoisotopic (exact) mass is 528 g/mol. The van der Waals surface area contributed by atoms with Crippen LogP contribution in [0.5, 0.6) is 0 Å². The van der Waals surface area contributed by atoms with Crippen molar-refractivity contribution in [1.29, 1.82) is 0 Å². The van der Waals surface area contributed by atoms with Crippen LogP contribution in [0.1, 0.15) is 56.5 Å². The van der Waals surface area contributed by atoms with Crippen LogP contribution in [-0.4, -0.2) is 42.3 Å². The van der Waals surface area contributed by atoms with Crippen LogP contribution < -0.4 is 5.32 Å². The van der Waals surface area contributed by atoms with E-state index in [1.54, 1.807) is 36.8 Å². The molecule has 3 heterocycles. The number of aromatic nitrogens is 5. The van der Waals surface area contributed by atoms with Gasteiger partial charge in [-0.15, -0.1) is 5.10 Å². The summed E-state index contributed by atoms with van der Waals surface area (Å²) in [6.07, 6.45) is 5.50. The summed E-state index contributed by atoms with van der Waals surface area (Å²) in [4.78, 5) is 25.5. The molecule has 0 unspecified atom stereocenters. The summed E-state index contributed by atoms with van der Waals surface area (Å²) >= 11 is 0. The topological polar surface area (TPSA) is 114 Å². The molecule has 10 heteroatoms. The van der Waals surface area contributed by atoms with Crippen molar-refractivity contribution in [2.45, 2.75) is 51.0 Å². The number of hydrogen-bond acceptors (Lipinski definition) is 7. The summed E-state index contributed by atoms with van der Waals surface area (Å²) in [5.74, 6) is -1.47. The van der Waals surface area contributed by atoms with Crippen molar-refractivity contribution < 1.29 is 18.7 Å². The average molecular weight is 529 g/mol. The van der Waals surface area contributed by atoms with Crippen LogP contribution in [0.15, 0.2) is 55.0 Å². The fourth-order valence-electron chi connectivity index (χ4n) is 6.32. The molecule has 1 amide bonds. The summed E-state index contributed by atoms with van der Waals surface area (Å²) in [5, 5.41) is 20.8. The summed E-state index contributed by atoms with van der Waals surface area (Å²) in [5.41, 5.74) is 2.89. The van der Waals surface area contributed by atoms with Crippen LogP contribution >= 0.6 is 0 Å². The first-order valence-corrected chi connectivity index (χ1v) is 12.7. The highest BCUT2D eigenvalue weighted by Crippen LogP contribution is 2.69. The lowest BCUT2D eigenvalue weighted by molar-refractivity contribution is -0.123. The lowest BCUT2D eigenvalue weighted by atomic mass is 9.66.